The van der Waals surface area contributed by atoms with Gasteiger partial charge in [0, 0.05) is 10.9 Å². The maximum Gasteiger partial charge on any atom is 0.158 e. The van der Waals surface area contributed by atoms with Crippen LogP contribution >= 0.6 is 15.9 Å². The minimum Gasteiger partial charge on any atom is -0.387 e. The van der Waals surface area contributed by atoms with Crippen LogP contribution < -0.4 is 0 Å². The van der Waals surface area contributed by atoms with Gasteiger partial charge in [-0.05, 0) is 34.4 Å². The van der Waals surface area contributed by atoms with Crippen molar-refractivity contribution in [2.24, 2.45) is 5.16 Å². The van der Waals surface area contributed by atoms with Crippen molar-refractivity contribution in [2.75, 3.05) is 0 Å². The molecule has 1 aliphatic rings. The maximum atomic E-state index is 5.63. The van der Waals surface area contributed by atoms with Crippen LogP contribution in [0.5, 0.6) is 0 Å². The van der Waals surface area contributed by atoms with E-state index < -0.39 is 0 Å². The zero-order valence-corrected chi connectivity index (χ0v) is 14.6. The summed E-state index contributed by atoms with van der Waals surface area (Å²) in [6.45, 7) is 0. The molecule has 1 aliphatic heterocycles. The lowest BCUT2D eigenvalue weighted by molar-refractivity contribution is 0.0857. The van der Waals surface area contributed by atoms with Crippen LogP contribution in [0.4, 0.5) is 0 Å². The Balaban J connectivity index is 1.50. The molecule has 3 aromatic rings. The molecule has 0 aliphatic carbocycles. The van der Waals surface area contributed by atoms with Gasteiger partial charge in [0.25, 0.3) is 0 Å². The van der Waals surface area contributed by atoms with Crippen LogP contribution in [0.25, 0.3) is 11.1 Å². The van der Waals surface area contributed by atoms with Crippen LogP contribution in [-0.4, -0.2) is 5.71 Å². The van der Waals surface area contributed by atoms with Crippen LogP contribution in [0.3, 0.4) is 0 Å². The van der Waals surface area contributed by atoms with Crippen molar-refractivity contribution in [2.45, 2.75) is 12.5 Å². The third-order valence-electron chi connectivity index (χ3n) is 4.24. The second-order valence-corrected chi connectivity index (χ2v) is 6.75. The fourth-order valence-electron chi connectivity index (χ4n) is 2.89. The molecule has 1 unspecified atom stereocenters. The van der Waals surface area contributed by atoms with E-state index in [9.17, 15) is 0 Å². The van der Waals surface area contributed by atoms with Crippen LogP contribution in [-0.2, 0) is 4.84 Å². The SMILES string of the molecule is Brc1ccc(C2CC(c3ccc(-c4ccccc4)cc3)=NO2)cc1. The first-order valence-corrected chi connectivity index (χ1v) is 8.73. The summed E-state index contributed by atoms with van der Waals surface area (Å²) in [6.07, 6.45) is 0.800. The van der Waals surface area contributed by atoms with E-state index >= 15 is 0 Å². The van der Waals surface area contributed by atoms with E-state index in [1.54, 1.807) is 0 Å². The minimum absolute atomic E-state index is 0.00176. The first-order chi connectivity index (χ1) is 11.8. The van der Waals surface area contributed by atoms with Crippen molar-refractivity contribution in [3.8, 4) is 11.1 Å². The Bertz CT molecular complexity index is 855. The summed E-state index contributed by atoms with van der Waals surface area (Å²) in [5.41, 5.74) is 5.71. The standard InChI is InChI=1S/C21H16BrNO/c22-19-12-10-18(11-13-19)21-14-20(23-24-21)17-8-6-16(7-9-17)15-4-2-1-3-5-15/h1-13,21H,14H2. The number of oxime groups is 1. The van der Waals surface area contributed by atoms with Crippen molar-refractivity contribution in [3.63, 3.8) is 0 Å². The number of hydrogen-bond acceptors (Lipinski definition) is 2. The zero-order chi connectivity index (χ0) is 16.4. The first-order valence-electron chi connectivity index (χ1n) is 7.93. The second kappa shape index (κ2) is 6.62. The van der Waals surface area contributed by atoms with E-state index in [1.807, 2.05) is 18.2 Å². The molecule has 3 heteroatoms. The molecule has 2 nitrogen and oxygen atoms in total. The van der Waals surface area contributed by atoms with E-state index in [-0.39, 0.29) is 6.10 Å². The van der Waals surface area contributed by atoms with E-state index in [2.05, 4.69) is 81.7 Å². The summed E-state index contributed by atoms with van der Waals surface area (Å²) < 4.78 is 1.07. The monoisotopic (exact) mass is 377 g/mol. The zero-order valence-electron chi connectivity index (χ0n) is 13.0. The lowest BCUT2D eigenvalue weighted by Crippen LogP contribution is -2.01. The summed E-state index contributed by atoms with van der Waals surface area (Å²) in [5.74, 6) is 0. The van der Waals surface area contributed by atoms with Gasteiger partial charge in [0.05, 0.1) is 5.71 Å². The van der Waals surface area contributed by atoms with E-state index in [0.29, 0.717) is 0 Å². The summed E-state index contributed by atoms with van der Waals surface area (Å²) in [4.78, 5) is 5.63. The van der Waals surface area contributed by atoms with Crippen molar-refractivity contribution in [1.82, 2.24) is 0 Å². The highest BCUT2D eigenvalue weighted by Gasteiger charge is 2.23. The largest absolute Gasteiger partial charge is 0.387 e. The van der Waals surface area contributed by atoms with Gasteiger partial charge in [0.1, 0.15) is 0 Å². The molecular weight excluding hydrogens is 362 g/mol. The molecule has 0 spiro atoms. The molecule has 0 saturated heterocycles. The molecule has 4 rings (SSSR count). The van der Waals surface area contributed by atoms with Crippen molar-refractivity contribution < 1.29 is 4.84 Å². The average Bonchev–Trinajstić information content (AvgIpc) is 3.13. The second-order valence-electron chi connectivity index (χ2n) is 5.83. The average molecular weight is 378 g/mol. The Labute approximate surface area is 149 Å². The van der Waals surface area contributed by atoms with Gasteiger partial charge < -0.3 is 4.84 Å². The molecule has 3 aromatic carbocycles. The van der Waals surface area contributed by atoms with Gasteiger partial charge >= 0.3 is 0 Å². The first kappa shape index (κ1) is 15.2. The Hall–Kier alpha value is -2.39. The minimum atomic E-state index is 0.00176. The Morgan fingerprint density at radius 2 is 1.38 bits per heavy atom. The topological polar surface area (TPSA) is 21.6 Å². The van der Waals surface area contributed by atoms with Crippen molar-refractivity contribution in [3.05, 3.63) is 94.5 Å². The molecule has 118 valence electrons. The number of rotatable bonds is 3. The summed E-state index contributed by atoms with van der Waals surface area (Å²) in [6, 6.07) is 27.1. The lowest BCUT2D eigenvalue weighted by atomic mass is 9.98. The predicted octanol–water partition coefficient (Wildman–Crippen LogP) is 5.98. The number of benzene rings is 3. The highest BCUT2D eigenvalue weighted by molar-refractivity contribution is 9.10. The van der Waals surface area contributed by atoms with Crippen LogP contribution in [0.2, 0.25) is 0 Å². The van der Waals surface area contributed by atoms with Crippen molar-refractivity contribution in [1.29, 1.82) is 0 Å². The molecule has 0 bridgehead atoms. The summed E-state index contributed by atoms with van der Waals surface area (Å²) in [5, 5.41) is 4.29. The molecule has 0 radical (unpaired) electrons. The number of hydrogen-bond donors (Lipinski definition) is 0. The van der Waals surface area contributed by atoms with Gasteiger partial charge in [-0.2, -0.15) is 0 Å². The molecular formula is C21H16BrNO. The molecule has 0 aromatic heterocycles. The molecule has 1 atom stereocenters. The van der Waals surface area contributed by atoms with Gasteiger partial charge in [-0.15, -0.1) is 0 Å². The Morgan fingerprint density at radius 1 is 0.750 bits per heavy atom. The summed E-state index contributed by atoms with van der Waals surface area (Å²) in [7, 11) is 0. The fraction of sp³-hybridized carbons (Fsp3) is 0.0952. The highest BCUT2D eigenvalue weighted by Crippen LogP contribution is 2.30. The van der Waals surface area contributed by atoms with Gasteiger partial charge in [-0.3, -0.25) is 0 Å². The van der Waals surface area contributed by atoms with Gasteiger partial charge in [0.15, 0.2) is 6.10 Å². The summed E-state index contributed by atoms with van der Waals surface area (Å²) >= 11 is 3.46. The Morgan fingerprint density at radius 3 is 2.08 bits per heavy atom. The molecule has 0 amide bonds. The molecule has 0 saturated carbocycles. The van der Waals surface area contributed by atoms with Crippen molar-refractivity contribution >= 4 is 21.6 Å². The maximum absolute atomic E-state index is 5.63. The van der Waals surface area contributed by atoms with Crippen LogP contribution in [0, 0.1) is 0 Å². The Kier molecular flexibility index (Phi) is 4.18. The van der Waals surface area contributed by atoms with Crippen LogP contribution in [0.1, 0.15) is 23.7 Å². The fourth-order valence-corrected chi connectivity index (χ4v) is 3.15. The molecule has 24 heavy (non-hydrogen) atoms. The third kappa shape index (κ3) is 3.13. The highest BCUT2D eigenvalue weighted by atomic mass is 79.9. The smallest absolute Gasteiger partial charge is 0.158 e. The van der Waals surface area contributed by atoms with E-state index in [0.717, 1.165) is 27.7 Å². The van der Waals surface area contributed by atoms with Gasteiger partial charge in [-0.25, -0.2) is 0 Å². The third-order valence-corrected chi connectivity index (χ3v) is 4.76. The normalized spacial score (nSPS) is 16.5. The van der Waals surface area contributed by atoms with E-state index in [4.69, 9.17) is 4.84 Å². The molecule has 1 heterocycles. The van der Waals surface area contributed by atoms with Gasteiger partial charge in [0.2, 0.25) is 0 Å². The quantitative estimate of drug-likeness (QED) is 0.549. The molecule has 0 N–H and O–H groups in total. The number of halogens is 1. The van der Waals surface area contributed by atoms with Gasteiger partial charge in [-0.1, -0.05) is 87.8 Å². The van der Waals surface area contributed by atoms with Crippen LogP contribution in [0.15, 0.2) is 88.5 Å². The predicted molar refractivity (Wildman–Crippen MR) is 101 cm³/mol. The molecule has 0 fully saturated rings. The number of nitrogens with zero attached hydrogens (tertiary/aromatic N) is 1. The lowest BCUT2D eigenvalue weighted by Gasteiger charge is -2.08. The van der Waals surface area contributed by atoms with E-state index in [1.165, 1.54) is 11.1 Å².